The second kappa shape index (κ2) is 10.2. The van der Waals surface area contributed by atoms with E-state index >= 15 is 0 Å². The van der Waals surface area contributed by atoms with Gasteiger partial charge in [0.1, 0.15) is 11.5 Å². The van der Waals surface area contributed by atoms with Crippen LogP contribution in [0.1, 0.15) is 63.1 Å². The summed E-state index contributed by atoms with van der Waals surface area (Å²) in [5.74, 6) is -1.03. The number of para-hydroxylation sites is 1. The van der Waals surface area contributed by atoms with Gasteiger partial charge < -0.3 is 10.2 Å². The summed E-state index contributed by atoms with van der Waals surface area (Å²) in [4.78, 5) is 46.9. The van der Waals surface area contributed by atoms with Gasteiger partial charge in [0.2, 0.25) is 5.91 Å². The Morgan fingerprint density at radius 3 is 2.44 bits per heavy atom. The van der Waals surface area contributed by atoms with Crippen LogP contribution in [-0.2, 0) is 16.6 Å². The van der Waals surface area contributed by atoms with Crippen LogP contribution in [0.4, 0.5) is 11.4 Å². The maximum absolute atomic E-state index is 15.0. The summed E-state index contributed by atoms with van der Waals surface area (Å²) in [7, 11) is 0. The Kier molecular flexibility index (Phi) is 6.51. The monoisotopic (exact) mass is 586 g/mol. The predicted molar refractivity (Wildman–Crippen MR) is 173 cm³/mol. The Bertz CT molecular complexity index is 1800. The molecule has 4 heterocycles. The van der Waals surface area contributed by atoms with E-state index in [1.807, 2.05) is 78.2 Å². The molecule has 1 amide bonds. The van der Waals surface area contributed by atoms with Gasteiger partial charge in [0.15, 0.2) is 11.6 Å². The van der Waals surface area contributed by atoms with E-state index in [2.05, 4.69) is 50.1 Å². The van der Waals surface area contributed by atoms with Crippen LogP contribution in [0, 0.1) is 18.8 Å². The second-order valence-corrected chi connectivity index (χ2v) is 13.5. The van der Waals surface area contributed by atoms with E-state index in [0.29, 0.717) is 22.0 Å². The van der Waals surface area contributed by atoms with E-state index in [1.54, 1.807) is 0 Å². The van der Waals surface area contributed by atoms with Crippen molar-refractivity contribution < 1.29 is 14.4 Å². The quantitative estimate of drug-likeness (QED) is 0.238. The van der Waals surface area contributed by atoms with Crippen molar-refractivity contribution in [2.45, 2.75) is 51.6 Å². The number of allylic oxidation sites excluding steroid dienone is 1. The van der Waals surface area contributed by atoms with Gasteiger partial charge in [0, 0.05) is 22.5 Å². The molecule has 1 saturated heterocycles. The predicted octanol–water partition coefficient (Wildman–Crippen LogP) is 7.50. The van der Waals surface area contributed by atoms with Crippen LogP contribution in [0.2, 0.25) is 0 Å². The first-order valence-corrected chi connectivity index (χ1v) is 15.8. The summed E-state index contributed by atoms with van der Waals surface area (Å²) in [6.45, 7) is 8.45. The van der Waals surface area contributed by atoms with E-state index < -0.39 is 23.4 Å². The van der Waals surface area contributed by atoms with Crippen molar-refractivity contribution in [1.29, 1.82) is 0 Å². The number of ketones is 2. The molecule has 0 unspecified atom stereocenters. The summed E-state index contributed by atoms with van der Waals surface area (Å²) in [6.07, 6.45) is 3.02. The lowest BCUT2D eigenvalue weighted by Crippen LogP contribution is -2.51. The molecule has 1 fully saturated rings. The molecular formula is C37H34N2O3S. The Morgan fingerprint density at radius 2 is 1.72 bits per heavy atom. The average Bonchev–Trinajstić information content (AvgIpc) is 3.70. The lowest BCUT2D eigenvalue weighted by molar-refractivity contribution is -0.121. The molecule has 6 heteroatoms. The van der Waals surface area contributed by atoms with Gasteiger partial charge in [-0.05, 0) is 72.5 Å². The minimum Gasteiger partial charge on any atom is -0.352 e. The van der Waals surface area contributed by atoms with Crippen molar-refractivity contribution in [1.82, 2.24) is 0 Å². The molecule has 43 heavy (non-hydrogen) atoms. The van der Waals surface area contributed by atoms with Crippen molar-refractivity contribution in [3.05, 3.63) is 123 Å². The number of fused-ring (bicyclic) bond motifs is 6. The molecule has 0 saturated carbocycles. The molecule has 0 bridgehead atoms. The van der Waals surface area contributed by atoms with Crippen LogP contribution in [0.3, 0.4) is 0 Å². The molecule has 4 atom stereocenters. The van der Waals surface area contributed by atoms with Crippen molar-refractivity contribution in [3.8, 4) is 0 Å². The van der Waals surface area contributed by atoms with E-state index in [1.165, 1.54) is 11.3 Å². The number of rotatable bonds is 6. The van der Waals surface area contributed by atoms with Crippen LogP contribution in [0.25, 0.3) is 5.57 Å². The first-order chi connectivity index (χ1) is 20.7. The summed E-state index contributed by atoms with van der Waals surface area (Å²) in [5.41, 5.74) is 5.88. The average molecular weight is 587 g/mol. The van der Waals surface area contributed by atoms with Crippen LogP contribution >= 0.6 is 11.3 Å². The molecule has 1 spiro atoms. The molecule has 3 aromatic carbocycles. The van der Waals surface area contributed by atoms with E-state index in [4.69, 9.17) is 0 Å². The van der Waals surface area contributed by atoms with Crippen molar-refractivity contribution in [2.75, 3.05) is 10.2 Å². The zero-order valence-corrected chi connectivity index (χ0v) is 25.6. The zero-order chi connectivity index (χ0) is 30.0. The number of amides is 1. The molecule has 0 aliphatic carbocycles. The third-order valence-electron chi connectivity index (χ3n) is 9.33. The Hall–Kier alpha value is -4.29. The van der Waals surface area contributed by atoms with Gasteiger partial charge in [0.25, 0.3) is 0 Å². The van der Waals surface area contributed by atoms with Crippen LogP contribution < -0.4 is 10.2 Å². The van der Waals surface area contributed by atoms with Gasteiger partial charge in [-0.3, -0.25) is 14.4 Å². The highest BCUT2D eigenvalue weighted by molar-refractivity contribution is 7.12. The third-order valence-corrected chi connectivity index (χ3v) is 10.2. The van der Waals surface area contributed by atoms with Gasteiger partial charge in [-0.15, -0.1) is 11.3 Å². The minimum absolute atomic E-state index is 0.136. The molecule has 5 nitrogen and oxygen atoms in total. The number of carbonyl (C=O) groups is 3. The second-order valence-electron chi connectivity index (χ2n) is 12.5. The molecule has 4 aromatic rings. The first-order valence-electron chi connectivity index (χ1n) is 14.9. The molecule has 3 aliphatic heterocycles. The maximum Gasteiger partial charge on any atom is 0.238 e. The standard InChI is InChI=1S/C37H34N2O3S/c1-21(2)18-24-12-14-25(15-13-24)34(40)32-33(35(41)30-10-7-17-43-30)39-29-16-11-22(3)19-26(29)23(4)20-31(39)37(32)27-8-5-6-9-28(27)38-36(37)42/h5-17,19-21,31-33H,18H2,1-4H3,(H,38,42)/t31-,32+,33-,37-/m0/s1. The molecule has 7 rings (SSSR count). The highest BCUT2D eigenvalue weighted by atomic mass is 32.1. The summed E-state index contributed by atoms with van der Waals surface area (Å²) in [6, 6.07) is 23.9. The van der Waals surface area contributed by atoms with E-state index in [-0.39, 0.29) is 17.5 Å². The molecule has 1 aromatic heterocycles. The van der Waals surface area contributed by atoms with Crippen LogP contribution in [0.15, 0.2) is 90.3 Å². The lowest BCUT2D eigenvalue weighted by atomic mass is 9.64. The molecular weight excluding hydrogens is 552 g/mol. The van der Waals surface area contributed by atoms with Gasteiger partial charge in [-0.25, -0.2) is 0 Å². The minimum atomic E-state index is -1.30. The number of aryl methyl sites for hydroxylation is 1. The highest BCUT2D eigenvalue weighted by Crippen LogP contribution is 2.59. The Balaban J connectivity index is 1.50. The number of nitrogens with one attached hydrogen (secondary N) is 1. The fourth-order valence-electron chi connectivity index (χ4n) is 7.57. The fraction of sp³-hybridized carbons (Fsp3) is 0.270. The number of thiophene rings is 1. The van der Waals surface area contributed by atoms with Crippen molar-refractivity contribution in [2.24, 2.45) is 11.8 Å². The van der Waals surface area contributed by atoms with Crippen molar-refractivity contribution in [3.63, 3.8) is 0 Å². The third kappa shape index (κ3) is 4.07. The number of carbonyl (C=O) groups excluding carboxylic acids is 3. The molecule has 3 aliphatic rings. The molecule has 0 radical (unpaired) electrons. The van der Waals surface area contributed by atoms with Crippen molar-refractivity contribution >= 4 is 45.8 Å². The maximum atomic E-state index is 15.0. The van der Waals surface area contributed by atoms with E-state index in [0.717, 1.165) is 39.9 Å². The van der Waals surface area contributed by atoms with Gasteiger partial charge in [-0.1, -0.05) is 80.1 Å². The molecule has 1 N–H and O–H groups in total. The van der Waals surface area contributed by atoms with E-state index in [9.17, 15) is 14.4 Å². The zero-order valence-electron chi connectivity index (χ0n) is 24.8. The largest absolute Gasteiger partial charge is 0.352 e. The van der Waals surface area contributed by atoms with Gasteiger partial charge in [-0.2, -0.15) is 0 Å². The number of hydrogen-bond donors (Lipinski definition) is 1. The normalized spacial score (nSPS) is 23.6. The summed E-state index contributed by atoms with van der Waals surface area (Å²) in [5, 5.41) is 5.00. The number of benzene rings is 3. The van der Waals surface area contributed by atoms with Crippen LogP contribution in [-0.4, -0.2) is 29.6 Å². The smallest absolute Gasteiger partial charge is 0.238 e. The number of hydrogen-bond acceptors (Lipinski definition) is 5. The SMILES string of the molecule is CC1=C[C@@H]2N(c3ccc(C)cc31)[C@H](C(=O)c1cccs1)[C@H](C(=O)c1ccc(CC(C)C)cc1)[C@@]21C(=O)Nc2ccccc21. The Morgan fingerprint density at radius 1 is 0.953 bits per heavy atom. The molecule has 216 valence electrons. The topological polar surface area (TPSA) is 66.5 Å². The Labute approximate surface area is 256 Å². The first kappa shape index (κ1) is 27.5. The number of anilines is 2. The lowest BCUT2D eigenvalue weighted by Gasteiger charge is -2.39. The van der Waals surface area contributed by atoms with Gasteiger partial charge in [0.05, 0.1) is 16.8 Å². The summed E-state index contributed by atoms with van der Waals surface area (Å²) >= 11 is 1.37. The van der Waals surface area contributed by atoms with Crippen LogP contribution in [0.5, 0.6) is 0 Å². The highest BCUT2D eigenvalue weighted by Gasteiger charge is 2.70. The fourth-order valence-corrected chi connectivity index (χ4v) is 8.26. The number of Topliss-reactive ketones (excluding diaryl/α,β-unsaturated/α-hetero) is 2. The number of nitrogens with zero attached hydrogens (tertiary/aromatic N) is 1. The summed E-state index contributed by atoms with van der Waals surface area (Å²) < 4.78 is 0. The van der Waals surface area contributed by atoms with Gasteiger partial charge >= 0.3 is 0 Å².